The average Bonchev–Trinajstić information content (AvgIpc) is 2.73. The summed E-state index contributed by atoms with van der Waals surface area (Å²) in [6, 6.07) is 5.49. The van der Waals surface area contributed by atoms with Gasteiger partial charge in [-0.3, -0.25) is 9.59 Å². The number of rotatable bonds is 7. The third-order valence-electron chi connectivity index (χ3n) is 4.54. The van der Waals surface area contributed by atoms with Crippen molar-refractivity contribution in [3.05, 3.63) is 72.6 Å². The fraction of sp³-hybridized carbons (Fsp3) is 0.238. The van der Waals surface area contributed by atoms with Crippen LogP contribution in [-0.2, 0) is 4.79 Å². The molecule has 3 nitrogen and oxygen atoms in total. The van der Waals surface area contributed by atoms with E-state index in [1.54, 1.807) is 0 Å². The smallest absolute Gasteiger partial charge is 0.343 e. The highest BCUT2D eigenvalue weighted by Crippen LogP contribution is 2.41. The summed E-state index contributed by atoms with van der Waals surface area (Å²) in [6.45, 7) is -1.19. The molecular formula is C21H11BrCl3F8NO2. The van der Waals surface area contributed by atoms with Gasteiger partial charge in [-0.15, -0.1) is 0 Å². The molecule has 0 spiro atoms. The number of halogens is 12. The number of Topliss-reactive ketones (excluding diaryl/α,β-unsaturated/α-hetero) is 1. The molecule has 0 saturated heterocycles. The molecule has 1 unspecified atom stereocenters. The van der Waals surface area contributed by atoms with Crippen LogP contribution in [0.5, 0.6) is 0 Å². The molecule has 2 aromatic carbocycles. The number of benzene rings is 2. The maximum Gasteiger partial charge on any atom is 0.463 e. The molecule has 2 rings (SSSR count). The summed E-state index contributed by atoms with van der Waals surface area (Å²) in [6.07, 6.45) is -9.04. The van der Waals surface area contributed by atoms with Gasteiger partial charge in [-0.05, 0) is 35.4 Å². The third-order valence-corrected chi connectivity index (χ3v) is 6.40. The number of nitrogens with one attached hydrogen (secondary N) is 1. The summed E-state index contributed by atoms with van der Waals surface area (Å²) in [5.74, 6) is -11.6. The van der Waals surface area contributed by atoms with E-state index in [4.69, 9.17) is 34.8 Å². The molecule has 196 valence electrons. The van der Waals surface area contributed by atoms with E-state index in [-0.39, 0.29) is 36.2 Å². The van der Waals surface area contributed by atoms with Gasteiger partial charge in [0.15, 0.2) is 5.78 Å². The summed E-state index contributed by atoms with van der Waals surface area (Å²) in [5.41, 5.74) is -0.367. The minimum Gasteiger partial charge on any atom is -0.343 e. The van der Waals surface area contributed by atoms with E-state index in [2.05, 4.69) is 15.9 Å². The Labute approximate surface area is 221 Å². The van der Waals surface area contributed by atoms with Gasteiger partial charge in [0.05, 0.1) is 27.5 Å². The van der Waals surface area contributed by atoms with Crippen molar-refractivity contribution in [3.8, 4) is 0 Å². The van der Waals surface area contributed by atoms with Crippen molar-refractivity contribution in [3.63, 3.8) is 0 Å². The Bertz CT molecular complexity index is 1180. The Morgan fingerprint density at radius 1 is 0.944 bits per heavy atom. The van der Waals surface area contributed by atoms with E-state index in [0.717, 1.165) is 30.4 Å². The molecule has 0 aliphatic carbocycles. The minimum atomic E-state index is -6.15. The average molecular weight is 648 g/mol. The molecule has 1 N–H and O–H groups in total. The van der Waals surface area contributed by atoms with E-state index in [1.807, 2.05) is 0 Å². The second-order valence-corrected chi connectivity index (χ2v) is 9.14. The van der Waals surface area contributed by atoms with Gasteiger partial charge in [-0.2, -0.15) is 35.1 Å². The van der Waals surface area contributed by atoms with Crippen molar-refractivity contribution in [2.24, 2.45) is 0 Å². The molecule has 1 atom stereocenters. The lowest BCUT2D eigenvalue weighted by molar-refractivity contribution is -0.269. The first-order valence-corrected chi connectivity index (χ1v) is 11.2. The van der Waals surface area contributed by atoms with E-state index in [0.29, 0.717) is 0 Å². The Morgan fingerprint density at radius 2 is 1.50 bits per heavy atom. The van der Waals surface area contributed by atoms with Crippen LogP contribution in [0.1, 0.15) is 27.4 Å². The molecule has 0 heterocycles. The molecule has 0 aliphatic heterocycles. The molecule has 1 amide bonds. The summed E-state index contributed by atoms with van der Waals surface area (Å²) in [5, 5.41) is 0.717. The number of hydrogen-bond donors (Lipinski definition) is 1. The molecule has 0 saturated carbocycles. The van der Waals surface area contributed by atoms with Gasteiger partial charge in [0, 0.05) is 10.0 Å². The lowest BCUT2D eigenvalue weighted by Gasteiger charge is -2.18. The number of hydrogen-bond acceptors (Lipinski definition) is 2. The fourth-order valence-electron chi connectivity index (χ4n) is 2.73. The van der Waals surface area contributed by atoms with Crippen molar-refractivity contribution in [2.75, 3.05) is 6.54 Å². The first kappa shape index (κ1) is 30.3. The van der Waals surface area contributed by atoms with Crippen LogP contribution >= 0.6 is 50.7 Å². The molecular weight excluding hydrogens is 636 g/mol. The third kappa shape index (κ3) is 7.11. The first-order chi connectivity index (χ1) is 16.4. The van der Waals surface area contributed by atoms with Gasteiger partial charge in [0.1, 0.15) is 0 Å². The first-order valence-electron chi connectivity index (χ1n) is 9.31. The Kier molecular flexibility index (Phi) is 9.47. The molecule has 0 aromatic heterocycles. The molecule has 0 fully saturated rings. The van der Waals surface area contributed by atoms with Gasteiger partial charge in [0.25, 0.3) is 0 Å². The van der Waals surface area contributed by atoms with Crippen molar-refractivity contribution < 1.29 is 44.7 Å². The highest BCUT2D eigenvalue weighted by molar-refractivity contribution is 9.10. The molecule has 0 aliphatic rings. The van der Waals surface area contributed by atoms with Crippen LogP contribution < -0.4 is 5.32 Å². The lowest BCUT2D eigenvalue weighted by atomic mass is 9.97. The second kappa shape index (κ2) is 11.2. The topological polar surface area (TPSA) is 46.2 Å². The van der Waals surface area contributed by atoms with Crippen LogP contribution in [0.3, 0.4) is 0 Å². The number of alkyl halides is 8. The van der Waals surface area contributed by atoms with Gasteiger partial charge >= 0.3 is 24.2 Å². The molecule has 0 bridgehead atoms. The Balaban J connectivity index is 2.22. The Morgan fingerprint density at radius 3 is 1.97 bits per heavy atom. The highest BCUT2D eigenvalue weighted by Gasteiger charge is 2.63. The molecule has 0 radical (unpaired) electrons. The fourth-order valence-corrected chi connectivity index (χ4v) is 3.96. The van der Waals surface area contributed by atoms with Gasteiger partial charge in [-0.1, -0.05) is 69.0 Å². The quantitative estimate of drug-likeness (QED) is 0.187. The van der Waals surface area contributed by atoms with Gasteiger partial charge < -0.3 is 5.32 Å². The van der Waals surface area contributed by atoms with Crippen molar-refractivity contribution in [1.29, 1.82) is 0 Å². The predicted molar refractivity (Wildman–Crippen MR) is 122 cm³/mol. The zero-order valence-electron chi connectivity index (χ0n) is 17.2. The molecule has 36 heavy (non-hydrogen) atoms. The number of carbonyl (C=O) groups is 2. The van der Waals surface area contributed by atoms with Crippen molar-refractivity contribution in [1.82, 2.24) is 5.32 Å². The zero-order chi connectivity index (χ0) is 27.6. The molecule has 2 aromatic rings. The maximum atomic E-state index is 13.6. The number of amides is 1. The predicted octanol–water partition coefficient (Wildman–Crippen LogP) is 8.27. The van der Waals surface area contributed by atoms with E-state index < -0.39 is 42.4 Å². The maximum absolute atomic E-state index is 13.6. The van der Waals surface area contributed by atoms with E-state index >= 15 is 0 Å². The number of allylic oxidation sites excluding steroid dienone is 1. The largest absolute Gasteiger partial charge is 0.463 e. The van der Waals surface area contributed by atoms with Gasteiger partial charge in [-0.25, -0.2) is 0 Å². The van der Waals surface area contributed by atoms with Crippen molar-refractivity contribution >= 4 is 68.5 Å². The Hall–Kier alpha value is -1.89. The van der Waals surface area contributed by atoms with Crippen LogP contribution in [0.4, 0.5) is 35.1 Å². The summed E-state index contributed by atoms with van der Waals surface area (Å²) < 4.78 is 103. The van der Waals surface area contributed by atoms with Crippen molar-refractivity contribution in [2.45, 2.75) is 24.2 Å². The van der Waals surface area contributed by atoms with Crippen LogP contribution in [0.2, 0.25) is 15.1 Å². The zero-order valence-corrected chi connectivity index (χ0v) is 21.0. The lowest BCUT2D eigenvalue weighted by Crippen LogP contribution is -2.51. The highest BCUT2D eigenvalue weighted by atomic mass is 79.9. The van der Waals surface area contributed by atoms with Gasteiger partial charge in [0.2, 0.25) is 0 Å². The summed E-state index contributed by atoms with van der Waals surface area (Å²) in [4.78, 5) is 23.3. The summed E-state index contributed by atoms with van der Waals surface area (Å²) in [7, 11) is 0. The standard InChI is InChI=1S/C21H11BrCl3F8NO2/c22-13-5-9(1-3-11(13)16(35)8-34-18(36)19(26,27)21(31,32)33)2-4-12(20(28,29)30)10-6-14(23)17(25)15(24)7-10/h1-7,12H,8H2,(H,34,36)/b4-2+. The van der Waals surface area contributed by atoms with E-state index in [1.165, 1.54) is 17.4 Å². The van der Waals surface area contributed by atoms with Crippen LogP contribution in [0.15, 0.2) is 40.9 Å². The molecule has 15 heteroatoms. The van der Waals surface area contributed by atoms with Crippen LogP contribution in [-0.4, -0.2) is 36.5 Å². The van der Waals surface area contributed by atoms with E-state index in [9.17, 15) is 44.7 Å². The second-order valence-electron chi connectivity index (χ2n) is 7.09. The van der Waals surface area contributed by atoms with Crippen LogP contribution in [0.25, 0.3) is 6.08 Å². The summed E-state index contributed by atoms with van der Waals surface area (Å²) >= 11 is 20.4. The SMILES string of the molecule is O=C(CNC(=O)C(F)(F)C(F)(F)F)c1ccc(/C=C/C(c2cc(Cl)c(Cl)c(Cl)c2)C(F)(F)F)cc1Br. The monoisotopic (exact) mass is 645 g/mol. The normalized spacial score (nSPS) is 13.7. The van der Waals surface area contributed by atoms with Crippen LogP contribution in [0, 0.1) is 0 Å². The minimum absolute atomic E-state index is 0.0207. The number of carbonyl (C=O) groups excluding carboxylic acids is 2. The number of ketones is 1.